The van der Waals surface area contributed by atoms with Gasteiger partial charge < -0.3 is 15.7 Å². The molecule has 0 unspecified atom stereocenters. The molecule has 0 aliphatic carbocycles. The molecule has 108 valence electrons. The van der Waals surface area contributed by atoms with Crippen LogP contribution >= 0.6 is 0 Å². The lowest BCUT2D eigenvalue weighted by Crippen LogP contribution is -2.35. The molecule has 0 aliphatic rings. The number of benzene rings is 1. The van der Waals surface area contributed by atoms with Crippen LogP contribution in [0.2, 0.25) is 0 Å². The Hall–Kier alpha value is -2.37. The molecule has 6 nitrogen and oxygen atoms in total. The van der Waals surface area contributed by atoms with Crippen molar-refractivity contribution >= 4 is 17.8 Å². The van der Waals surface area contributed by atoms with Crippen LogP contribution in [0.4, 0.5) is 0 Å². The SMILES string of the molecule is CC(=O)NCCC(=O)N[C@H](C(=O)O)c1cccc(C)c1. The standard InChI is InChI=1S/C14H18N2O4/c1-9-4-3-5-11(8-9)13(14(19)20)16-12(18)6-7-15-10(2)17/h3-5,8,13H,6-7H2,1-2H3,(H,15,17)(H,16,18)(H,19,20)/t13-/m0/s1. The summed E-state index contributed by atoms with van der Waals surface area (Å²) in [6, 6.07) is 5.87. The molecule has 3 N–H and O–H groups in total. The fourth-order valence-corrected chi connectivity index (χ4v) is 1.72. The van der Waals surface area contributed by atoms with Crippen LogP contribution in [0, 0.1) is 6.92 Å². The number of carbonyl (C=O) groups excluding carboxylic acids is 2. The Morgan fingerprint density at radius 2 is 2.00 bits per heavy atom. The van der Waals surface area contributed by atoms with Crippen LogP contribution in [0.3, 0.4) is 0 Å². The van der Waals surface area contributed by atoms with E-state index in [1.807, 2.05) is 13.0 Å². The summed E-state index contributed by atoms with van der Waals surface area (Å²) in [4.78, 5) is 33.6. The molecule has 0 saturated carbocycles. The van der Waals surface area contributed by atoms with E-state index in [2.05, 4.69) is 10.6 Å². The highest BCUT2D eigenvalue weighted by molar-refractivity contribution is 5.85. The fraction of sp³-hybridized carbons (Fsp3) is 0.357. The van der Waals surface area contributed by atoms with Crippen molar-refractivity contribution in [2.24, 2.45) is 0 Å². The average molecular weight is 278 g/mol. The molecule has 1 aromatic carbocycles. The molecule has 0 aliphatic heterocycles. The first kappa shape index (κ1) is 15.7. The molecule has 0 aromatic heterocycles. The number of carbonyl (C=O) groups is 3. The molecule has 0 heterocycles. The number of aliphatic carboxylic acids is 1. The van der Waals surface area contributed by atoms with Crippen molar-refractivity contribution in [1.29, 1.82) is 0 Å². The van der Waals surface area contributed by atoms with Gasteiger partial charge in [0.1, 0.15) is 0 Å². The first-order chi connectivity index (χ1) is 9.40. The molecule has 0 saturated heterocycles. The third kappa shape index (κ3) is 5.09. The third-order valence-electron chi connectivity index (χ3n) is 2.65. The van der Waals surface area contributed by atoms with Crippen LogP contribution in [0.15, 0.2) is 24.3 Å². The number of nitrogens with one attached hydrogen (secondary N) is 2. The van der Waals surface area contributed by atoms with E-state index in [0.29, 0.717) is 5.56 Å². The van der Waals surface area contributed by atoms with Crippen molar-refractivity contribution in [2.45, 2.75) is 26.3 Å². The Balaban J connectivity index is 2.66. The number of aryl methyl sites for hydroxylation is 1. The minimum absolute atomic E-state index is 0.0369. The van der Waals surface area contributed by atoms with E-state index >= 15 is 0 Å². The molecule has 20 heavy (non-hydrogen) atoms. The van der Waals surface area contributed by atoms with Crippen molar-refractivity contribution in [3.63, 3.8) is 0 Å². The number of amides is 2. The maximum Gasteiger partial charge on any atom is 0.330 e. The number of carboxylic acids is 1. The first-order valence-corrected chi connectivity index (χ1v) is 6.23. The highest BCUT2D eigenvalue weighted by atomic mass is 16.4. The van der Waals surface area contributed by atoms with Gasteiger partial charge in [0.15, 0.2) is 6.04 Å². The molecule has 0 spiro atoms. The van der Waals surface area contributed by atoms with Crippen LogP contribution in [0.1, 0.15) is 30.5 Å². The van der Waals surface area contributed by atoms with Gasteiger partial charge in [0, 0.05) is 19.9 Å². The highest BCUT2D eigenvalue weighted by Gasteiger charge is 2.21. The second-order valence-electron chi connectivity index (χ2n) is 4.49. The molecule has 0 bridgehead atoms. The number of rotatable bonds is 6. The lowest BCUT2D eigenvalue weighted by atomic mass is 10.0. The third-order valence-corrected chi connectivity index (χ3v) is 2.65. The molecule has 0 fully saturated rings. The van der Waals surface area contributed by atoms with Gasteiger partial charge >= 0.3 is 5.97 Å². The maximum atomic E-state index is 11.7. The monoisotopic (exact) mass is 278 g/mol. The molecule has 1 aromatic rings. The van der Waals surface area contributed by atoms with Gasteiger partial charge in [-0.1, -0.05) is 29.8 Å². The predicted molar refractivity (Wildman–Crippen MR) is 73.0 cm³/mol. The second kappa shape index (κ2) is 7.28. The lowest BCUT2D eigenvalue weighted by molar-refractivity contribution is -0.142. The van der Waals surface area contributed by atoms with Crippen LogP contribution in [0.25, 0.3) is 0 Å². The van der Waals surface area contributed by atoms with Crippen LogP contribution < -0.4 is 10.6 Å². The average Bonchev–Trinajstić information content (AvgIpc) is 2.35. The normalized spacial score (nSPS) is 11.5. The topological polar surface area (TPSA) is 95.5 Å². The van der Waals surface area contributed by atoms with Crippen molar-refractivity contribution in [2.75, 3.05) is 6.54 Å². The molecule has 1 atom stereocenters. The highest BCUT2D eigenvalue weighted by Crippen LogP contribution is 2.15. The van der Waals surface area contributed by atoms with Crippen LogP contribution in [-0.4, -0.2) is 29.4 Å². The summed E-state index contributed by atoms with van der Waals surface area (Å²) in [5.74, 6) is -1.78. The summed E-state index contributed by atoms with van der Waals surface area (Å²) in [7, 11) is 0. The summed E-state index contributed by atoms with van der Waals surface area (Å²) in [6.07, 6.45) is 0.0369. The first-order valence-electron chi connectivity index (χ1n) is 6.23. The van der Waals surface area contributed by atoms with E-state index in [4.69, 9.17) is 0 Å². The molecule has 2 amide bonds. The van der Waals surface area contributed by atoms with Gasteiger partial charge in [-0.05, 0) is 12.5 Å². The minimum Gasteiger partial charge on any atom is -0.479 e. The Labute approximate surface area is 117 Å². The van der Waals surface area contributed by atoms with E-state index in [0.717, 1.165) is 5.56 Å². The zero-order chi connectivity index (χ0) is 15.1. The van der Waals surface area contributed by atoms with Crippen LogP contribution in [0.5, 0.6) is 0 Å². The largest absolute Gasteiger partial charge is 0.479 e. The Bertz CT molecular complexity index is 514. The van der Waals surface area contributed by atoms with Gasteiger partial charge in [-0.25, -0.2) is 4.79 Å². The zero-order valence-electron chi connectivity index (χ0n) is 11.5. The predicted octanol–water partition coefficient (Wildman–Crippen LogP) is 0.763. The van der Waals surface area contributed by atoms with Gasteiger partial charge in [0.05, 0.1) is 0 Å². The van der Waals surface area contributed by atoms with E-state index in [1.165, 1.54) is 6.92 Å². The number of carboxylic acid groups (broad SMARTS) is 1. The number of hydrogen-bond acceptors (Lipinski definition) is 3. The molecule has 1 rings (SSSR count). The smallest absolute Gasteiger partial charge is 0.330 e. The second-order valence-corrected chi connectivity index (χ2v) is 4.49. The minimum atomic E-state index is -1.12. The molecular weight excluding hydrogens is 260 g/mol. The van der Waals surface area contributed by atoms with Crippen molar-refractivity contribution < 1.29 is 19.5 Å². The summed E-state index contributed by atoms with van der Waals surface area (Å²) in [5, 5.41) is 14.1. The molecule has 0 radical (unpaired) electrons. The van der Waals surface area contributed by atoms with Gasteiger partial charge in [0.2, 0.25) is 11.8 Å². The van der Waals surface area contributed by atoms with Crippen molar-refractivity contribution in [3.05, 3.63) is 35.4 Å². The molecular formula is C14H18N2O4. The Kier molecular flexibility index (Phi) is 5.71. The van der Waals surface area contributed by atoms with Gasteiger partial charge in [0.25, 0.3) is 0 Å². The lowest BCUT2D eigenvalue weighted by Gasteiger charge is -2.15. The molecule has 6 heteroatoms. The van der Waals surface area contributed by atoms with E-state index in [1.54, 1.807) is 18.2 Å². The van der Waals surface area contributed by atoms with Gasteiger partial charge in [-0.15, -0.1) is 0 Å². The maximum absolute atomic E-state index is 11.7. The van der Waals surface area contributed by atoms with Crippen LogP contribution in [-0.2, 0) is 14.4 Å². The summed E-state index contributed by atoms with van der Waals surface area (Å²) < 4.78 is 0. The van der Waals surface area contributed by atoms with Crippen molar-refractivity contribution in [1.82, 2.24) is 10.6 Å². The van der Waals surface area contributed by atoms with Gasteiger partial charge in [-0.2, -0.15) is 0 Å². The number of hydrogen-bond donors (Lipinski definition) is 3. The summed E-state index contributed by atoms with van der Waals surface area (Å²) >= 11 is 0. The summed E-state index contributed by atoms with van der Waals surface area (Å²) in [6.45, 7) is 3.38. The summed E-state index contributed by atoms with van der Waals surface area (Å²) in [5.41, 5.74) is 1.44. The van der Waals surface area contributed by atoms with E-state index in [-0.39, 0.29) is 18.9 Å². The van der Waals surface area contributed by atoms with Gasteiger partial charge in [-0.3, -0.25) is 9.59 Å². The van der Waals surface area contributed by atoms with E-state index < -0.39 is 17.9 Å². The quantitative estimate of drug-likeness (QED) is 0.716. The zero-order valence-corrected chi connectivity index (χ0v) is 11.5. The fourth-order valence-electron chi connectivity index (χ4n) is 1.72. The Morgan fingerprint density at radius 1 is 1.30 bits per heavy atom. The van der Waals surface area contributed by atoms with E-state index in [9.17, 15) is 19.5 Å². The Morgan fingerprint density at radius 3 is 2.55 bits per heavy atom. The van der Waals surface area contributed by atoms with Crippen molar-refractivity contribution in [3.8, 4) is 0 Å².